The van der Waals surface area contributed by atoms with Gasteiger partial charge in [-0.05, 0) is 36.6 Å². The van der Waals surface area contributed by atoms with Crippen LogP contribution in [0.5, 0.6) is 0 Å². The van der Waals surface area contributed by atoms with Gasteiger partial charge in [0.25, 0.3) is 0 Å². The van der Waals surface area contributed by atoms with E-state index < -0.39 is 5.82 Å². The summed E-state index contributed by atoms with van der Waals surface area (Å²) in [6.45, 7) is 0.472. The summed E-state index contributed by atoms with van der Waals surface area (Å²) in [5.41, 5.74) is 1.87. The summed E-state index contributed by atoms with van der Waals surface area (Å²) in [5, 5.41) is 16.7. The summed E-state index contributed by atoms with van der Waals surface area (Å²) in [6.07, 6.45) is 4.28. The van der Waals surface area contributed by atoms with Crippen LogP contribution in [-0.4, -0.2) is 32.7 Å². The third kappa shape index (κ3) is 2.97. The van der Waals surface area contributed by atoms with Gasteiger partial charge in [0.1, 0.15) is 11.9 Å². The van der Waals surface area contributed by atoms with Crippen molar-refractivity contribution in [2.24, 2.45) is 7.05 Å². The van der Waals surface area contributed by atoms with Crippen LogP contribution in [0.1, 0.15) is 42.1 Å². The van der Waals surface area contributed by atoms with Gasteiger partial charge in [-0.1, -0.05) is 6.07 Å². The number of benzene rings is 1. The highest BCUT2D eigenvalue weighted by Crippen LogP contribution is 2.41. The zero-order valence-corrected chi connectivity index (χ0v) is 14.5. The number of likely N-dealkylation sites (tertiary alicyclic amines) is 1. The molecule has 4 rings (SSSR count). The highest BCUT2D eigenvalue weighted by molar-refractivity contribution is 5.81. The van der Waals surface area contributed by atoms with Crippen LogP contribution in [0.25, 0.3) is 0 Å². The first-order valence-electron chi connectivity index (χ1n) is 8.79. The molecule has 1 aromatic carbocycles. The molecule has 134 valence electrons. The van der Waals surface area contributed by atoms with Crippen LogP contribution in [0.15, 0.2) is 30.5 Å². The quantitative estimate of drug-likeness (QED) is 0.893. The number of amides is 1. The van der Waals surface area contributed by atoms with Crippen LogP contribution in [0.3, 0.4) is 0 Å². The Morgan fingerprint density at radius 3 is 2.85 bits per heavy atom. The SMILES string of the molecule is Cn1nccc1[C@H]1[C@H](NCc2ccc(F)c(C#N)c2)CC(=O)N1C1CC1. The highest BCUT2D eigenvalue weighted by atomic mass is 19.1. The number of carbonyl (C=O) groups is 1. The van der Waals surface area contributed by atoms with Crippen molar-refractivity contribution in [2.75, 3.05) is 0 Å². The van der Waals surface area contributed by atoms with Gasteiger partial charge in [0.15, 0.2) is 0 Å². The van der Waals surface area contributed by atoms with Gasteiger partial charge in [0.2, 0.25) is 5.91 Å². The van der Waals surface area contributed by atoms with Crippen molar-refractivity contribution in [3.05, 3.63) is 53.1 Å². The number of carbonyl (C=O) groups excluding carboxylic acids is 1. The first kappa shape index (κ1) is 16.7. The number of hydrogen-bond acceptors (Lipinski definition) is 4. The van der Waals surface area contributed by atoms with Gasteiger partial charge in [-0.3, -0.25) is 9.48 Å². The predicted octanol–water partition coefficient (Wildman–Crippen LogP) is 2.03. The average Bonchev–Trinajstić information content (AvgIpc) is 3.30. The molecular formula is C19H20FN5O. The van der Waals surface area contributed by atoms with E-state index in [1.54, 1.807) is 18.3 Å². The van der Waals surface area contributed by atoms with Gasteiger partial charge in [-0.25, -0.2) is 4.39 Å². The molecule has 1 aliphatic heterocycles. The van der Waals surface area contributed by atoms with Gasteiger partial charge in [0.05, 0.1) is 17.3 Å². The lowest BCUT2D eigenvalue weighted by molar-refractivity contribution is -0.129. The molecule has 1 aliphatic carbocycles. The number of aromatic nitrogens is 2. The number of nitriles is 1. The topological polar surface area (TPSA) is 74.0 Å². The third-order valence-electron chi connectivity index (χ3n) is 5.19. The number of nitrogens with one attached hydrogen (secondary N) is 1. The third-order valence-corrected chi connectivity index (χ3v) is 5.19. The molecule has 7 heteroatoms. The number of rotatable bonds is 5. The van der Waals surface area contributed by atoms with Gasteiger partial charge < -0.3 is 10.2 Å². The van der Waals surface area contributed by atoms with E-state index in [0.717, 1.165) is 24.1 Å². The van der Waals surface area contributed by atoms with Crippen molar-refractivity contribution in [3.63, 3.8) is 0 Å². The molecule has 2 aromatic rings. The Hall–Kier alpha value is -2.72. The van der Waals surface area contributed by atoms with E-state index in [-0.39, 0.29) is 23.6 Å². The van der Waals surface area contributed by atoms with Crippen molar-refractivity contribution in [1.82, 2.24) is 20.0 Å². The molecule has 2 aliphatic rings. The Morgan fingerprint density at radius 2 is 2.19 bits per heavy atom. The zero-order chi connectivity index (χ0) is 18.3. The minimum absolute atomic E-state index is 0.0367. The maximum atomic E-state index is 13.5. The van der Waals surface area contributed by atoms with E-state index in [1.807, 2.05) is 28.8 Å². The lowest BCUT2D eigenvalue weighted by Crippen LogP contribution is -2.38. The standard InChI is InChI=1S/C19H20FN5O/c1-24-17(6-7-23-24)19-16(9-18(26)25(19)14-3-4-14)22-11-12-2-5-15(20)13(8-12)10-21/h2,5-8,14,16,19,22H,3-4,9,11H2,1H3/t16-,19-/m1/s1. The second kappa shape index (κ2) is 6.54. The van der Waals surface area contributed by atoms with Crippen LogP contribution < -0.4 is 5.32 Å². The lowest BCUT2D eigenvalue weighted by Gasteiger charge is -2.29. The highest BCUT2D eigenvalue weighted by Gasteiger charge is 2.47. The van der Waals surface area contributed by atoms with Crippen LogP contribution in [0, 0.1) is 17.1 Å². The molecule has 0 spiro atoms. The smallest absolute Gasteiger partial charge is 0.225 e. The molecule has 0 bridgehead atoms. The molecule has 1 saturated heterocycles. The van der Waals surface area contributed by atoms with Gasteiger partial charge in [-0.15, -0.1) is 0 Å². The lowest BCUT2D eigenvalue weighted by atomic mass is 10.0. The molecule has 6 nitrogen and oxygen atoms in total. The molecule has 1 amide bonds. The second-order valence-electron chi connectivity index (χ2n) is 6.97. The fourth-order valence-electron chi connectivity index (χ4n) is 3.76. The molecular weight excluding hydrogens is 333 g/mol. The van der Waals surface area contributed by atoms with E-state index >= 15 is 0 Å². The van der Waals surface area contributed by atoms with Crippen LogP contribution >= 0.6 is 0 Å². The summed E-state index contributed by atoms with van der Waals surface area (Å²) < 4.78 is 15.3. The zero-order valence-electron chi connectivity index (χ0n) is 14.5. The van der Waals surface area contributed by atoms with Crippen LogP contribution in [0.2, 0.25) is 0 Å². The first-order chi connectivity index (χ1) is 12.6. The summed E-state index contributed by atoms with van der Waals surface area (Å²) >= 11 is 0. The molecule has 0 unspecified atom stereocenters. The van der Waals surface area contributed by atoms with E-state index in [0.29, 0.717) is 19.0 Å². The largest absolute Gasteiger partial charge is 0.329 e. The number of nitrogens with zero attached hydrogens (tertiary/aromatic N) is 4. The van der Waals surface area contributed by atoms with E-state index in [9.17, 15) is 9.18 Å². The Labute approximate surface area is 151 Å². The van der Waals surface area contributed by atoms with E-state index in [1.165, 1.54) is 6.07 Å². The van der Waals surface area contributed by atoms with Crippen molar-refractivity contribution >= 4 is 5.91 Å². The van der Waals surface area contributed by atoms with E-state index in [4.69, 9.17) is 5.26 Å². The molecule has 2 fully saturated rings. The minimum atomic E-state index is -0.514. The molecule has 26 heavy (non-hydrogen) atoms. The van der Waals surface area contributed by atoms with Crippen LogP contribution in [0.4, 0.5) is 4.39 Å². The average molecular weight is 353 g/mol. The van der Waals surface area contributed by atoms with Crippen LogP contribution in [-0.2, 0) is 18.4 Å². The maximum absolute atomic E-state index is 13.5. The Balaban J connectivity index is 1.56. The molecule has 0 radical (unpaired) electrons. The predicted molar refractivity (Wildman–Crippen MR) is 92.2 cm³/mol. The van der Waals surface area contributed by atoms with Gasteiger partial charge in [0, 0.05) is 38.3 Å². The maximum Gasteiger partial charge on any atom is 0.225 e. The number of aryl methyl sites for hydroxylation is 1. The summed E-state index contributed by atoms with van der Waals surface area (Å²) in [7, 11) is 1.89. The second-order valence-corrected chi connectivity index (χ2v) is 6.97. The summed E-state index contributed by atoms with van der Waals surface area (Å²) in [6, 6.07) is 8.57. The molecule has 2 heterocycles. The normalized spacial score (nSPS) is 22.7. The van der Waals surface area contributed by atoms with Crippen molar-refractivity contribution < 1.29 is 9.18 Å². The molecule has 2 atom stereocenters. The fourth-order valence-corrected chi connectivity index (χ4v) is 3.76. The number of hydrogen-bond donors (Lipinski definition) is 1. The Bertz CT molecular complexity index is 882. The van der Waals surface area contributed by atoms with Crippen molar-refractivity contribution in [1.29, 1.82) is 5.26 Å². The molecule has 1 N–H and O–H groups in total. The molecule has 1 aromatic heterocycles. The Morgan fingerprint density at radius 1 is 1.38 bits per heavy atom. The van der Waals surface area contributed by atoms with Gasteiger partial charge >= 0.3 is 0 Å². The summed E-state index contributed by atoms with van der Waals surface area (Å²) in [5.74, 6) is -0.354. The first-order valence-corrected chi connectivity index (χ1v) is 8.79. The van der Waals surface area contributed by atoms with Crippen molar-refractivity contribution in [3.8, 4) is 6.07 Å². The molecule has 1 saturated carbocycles. The van der Waals surface area contributed by atoms with Crippen molar-refractivity contribution in [2.45, 2.75) is 43.9 Å². The Kier molecular flexibility index (Phi) is 4.21. The summed E-state index contributed by atoms with van der Waals surface area (Å²) in [4.78, 5) is 14.6. The minimum Gasteiger partial charge on any atom is -0.329 e. The van der Waals surface area contributed by atoms with E-state index in [2.05, 4.69) is 10.4 Å². The fraction of sp³-hybridized carbons (Fsp3) is 0.421. The van der Waals surface area contributed by atoms with Gasteiger partial charge in [-0.2, -0.15) is 10.4 Å². The number of halogens is 1. The monoisotopic (exact) mass is 353 g/mol.